The minimum Gasteiger partial charge on any atom is -0.369 e. The van der Waals surface area contributed by atoms with Crippen LogP contribution < -0.4 is 0 Å². The van der Waals surface area contributed by atoms with Crippen LogP contribution in [0.1, 0.15) is 35.1 Å². The van der Waals surface area contributed by atoms with Crippen molar-refractivity contribution in [2.45, 2.75) is 38.5 Å². The van der Waals surface area contributed by atoms with E-state index < -0.39 is 0 Å². The van der Waals surface area contributed by atoms with Crippen LogP contribution in [-0.4, -0.2) is 23.6 Å². The van der Waals surface area contributed by atoms with Gasteiger partial charge in [0.1, 0.15) is 0 Å². The van der Waals surface area contributed by atoms with Gasteiger partial charge in [-0.25, -0.2) is 0 Å². The van der Waals surface area contributed by atoms with Crippen molar-refractivity contribution in [2.24, 2.45) is 0 Å². The van der Waals surface area contributed by atoms with Crippen molar-refractivity contribution in [3.63, 3.8) is 0 Å². The molecule has 0 saturated carbocycles. The second-order valence-electron chi connectivity index (χ2n) is 7.07. The van der Waals surface area contributed by atoms with E-state index in [1.54, 1.807) is 0 Å². The lowest BCUT2D eigenvalue weighted by Gasteiger charge is -2.37. The first kappa shape index (κ1) is 15.2. The number of rotatable bonds is 2. The summed E-state index contributed by atoms with van der Waals surface area (Å²) in [5, 5.41) is 0.881. The zero-order valence-electron chi connectivity index (χ0n) is 13.7. The molecule has 0 aromatic heterocycles. The zero-order chi connectivity index (χ0) is 16.0. The monoisotopic (exact) mass is 327 g/mol. The van der Waals surface area contributed by atoms with Crippen molar-refractivity contribution >= 4 is 11.6 Å². The molecule has 4 rings (SSSR count). The predicted molar refractivity (Wildman–Crippen MR) is 93.8 cm³/mol. The Morgan fingerprint density at radius 3 is 2.78 bits per heavy atom. The highest BCUT2D eigenvalue weighted by Gasteiger charge is 2.48. The van der Waals surface area contributed by atoms with Crippen molar-refractivity contribution < 1.29 is 4.74 Å². The number of fused-ring (bicyclic) bond motifs is 3. The van der Waals surface area contributed by atoms with Crippen LogP contribution >= 0.6 is 11.6 Å². The zero-order valence-corrected chi connectivity index (χ0v) is 14.4. The predicted octanol–water partition coefficient (Wildman–Crippen LogP) is 4.54. The van der Waals surface area contributed by atoms with Gasteiger partial charge in [-0.15, -0.1) is 0 Å². The Hall–Kier alpha value is -1.35. The second-order valence-corrected chi connectivity index (χ2v) is 7.45. The molecule has 2 aromatic carbocycles. The second kappa shape index (κ2) is 5.62. The van der Waals surface area contributed by atoms with E-state index in [4.69, 9.17) is 16.3 Å². The van der Waals surface area contributed by atoms with Gasteiger partial charge in [-0.05, 0) is 30.5 Å². The number of nitrogens with zero attached hydrogens (tertiary/aromatic N) is 1. The lowest BCUT2D eigenvalue weighted by atomic mass is 9.81. The Bertz CT molecular complexity index is 730. The van der Waals surface area contributed by atoms with Gasteiger partial charge < -0.3 is 4.74 Å². The number of halogens is 1. The maximum Gasteiger partial charge on any atom is 0.0866 e. The number of hydrogen-bond donors (Lipinski definition) is 0. The van der Waals surface area contributed by atoms with E-state index in [0.29, 0.717) is 12.5 Å². The molecule has 2 atom stereocenters. The third-order valence-corrected chi connectivity index (χ3v) is 5.88. The molecule has 0 bridgehead atoms. The summed E-state index contributed by atoms with van der Waals surface area (Å²) in [7, 11) is 0. The Labute approximate surface area is 143 Å². The molecule has 2 unspecified atom stereocenters. The van der Waals surface area contributed by atoms with E-state index in [1.807, 2.05) is 0 Å². The van der Waals surface area contributed by atoms with Crippen LogP contribution in [0.5, 0.6) is 0 Å². The molecule has 2 heterocycles. The van der Waals surface area contributed by atoms with Crippen LogP contribution in [0, 0.1) is 6.92 Å². The van der Waals surface area contributed by atoms with E-state index in [1.165, 1.54) is 16.7 Å². The summed E-state index contributed by atoms with van der Waals surface area (Å²) < 4.78 is 6.29. The van der Waals surface area contributed by atoms with Gasteiger partial charge in [-0.1, -0.05) is 54.1 Å². The molecule has 2 aliphatic rings. The largest absolute Gasteiger partial charge is 0.369 e. The first-order chi connectivity index (χ1) is 11.1. The van der Waals surface area contributed by atoms with Gasteiger partial charge in [0.15, 0.2) is 0 Å². The number of ether oxygens (including phenoxy) is 1. The molecule has 0 spiro atoms. The molecule has 0 radical (unpaired) electrons. The van der Waals surface area contributed by atoms with Crippen LogP contribution in [0.4, 0.5) is 0 Å². The number of hydrogen-bond acceptors (Lipinski definition) is 2. The van der Waals surface area contributed by atoms with Gasteiger partial charge in [0.2, 0.25) is 0 Å². The van der Waals surface area contributed by atoms with E-state index in [-0.39, 0.29) is 5.60 Å². The molecule has 23 heavy (non-hydrogen) atoms. The van der Waals surface area contributed by atoms with Crippen molar-refractivity contribution in [3.05, 3.63) is 69.7 Å². The third-order valence-electron chi connectivity index (χ3n) is 5.36. The van der Waals surface area contributed by atoms with Gasteiger partial charge in [0, 0.05) is 36.1 Å². The average Bonchev–Trinajstić information content (AvgIpc) is 2.88. The number of likely N-dealkylation sites (tertiary alicyclic amines) is 1. The lowest BCUT2D eigenvalue weighted by molar-refractivity contribution is -0.0567. The summed E-state index contributed by atoms with van der Waals surface area (Å²) in [6.07, 6.45) is 0. The van der Waals surface area contributed by atoms with Gasteiger partial charge >= 0.3 is 0 Å². The van der Waals surface area contributed by atoms with E-state index in [0.717, 1.165) is 30.2 Å². The molecule has 120 valence electrons. The average molecular weight is 328 g/mol. The standard InChI is InChI=1S/C20H22ClNO/c1-14-8-9-16-17(19(14)21)12-23-20(2)13-22(11-18(16)20)10-15-6-4-3-5-7-15/h3-9,18H,10-13H2,1-2H3. The fraction of sp³-hybridized carbons (Fsp3) is 0.400. The Kier molecular flexibility index (Phi) is 3.72. The van der Waals surface area contributed by atoms with Crippen LogP contribution in [0.2, 0.25) is 5.02 Å². The summed E-state index contributed by atoms with van der Waals surface area (Å²) in [5.74, 6) is 0.396. The molecule has 0 N–H and O–H groups in total. The molecule has 2 aromatic rings. The normalized spacial score (nSPS) is 26.8. The third kappa shape index (κ3) is 2.59. The van der Waals surface area contributed by atoms with Crippen LogP contribution in [0.15, 0.2) is 42.5 Å². The summed E-state index contributed by atoms with van der Waals surface area (Å²) in [6.45, 7) is 7.91. The topological polar surface area (TPSA) is 12.5 Å². The maximum absolute atomic E-state index is 6.52. The highest BCUT2D eigenvalue weighted by molar-refractivity contribution is 6.32. The van der Waals surface area contributed by atoms with Crippen molar-refractivity contribution in [1.29, 1.82) is 0 Å². The molecule has 3 heteroatoms. The Balaban J connectivity index is 1.63. The molecular formula is C20H22ClNO. The van der Waals surface area contributed by atoms with E-state index in [2.05, 4.69) is 61.2 Å². The van der Waals surface area contributed by atoms with Crippen molar-refractivity contribution in [2.75, 3.05) is 13.1 Å². The molecule has 0 aliphatic carbocycles. The molecule has 1 fully saturated rings. The van der Waals surface area contributed by atoms with E-state index >= 15 is 0 Å². The highest BCUT2D eigenvalue weighted by atomic mass is 35.5. The molecule has 0 amide bonds. The number of benzene rings is 2. The minimum absolute atomic E-state index is 0.111. The smallest absolute Gasteiger partial charge is 0.0866 e. The molecular weight excluding hydrogens is 306 g/mol. The molecule has 2 nitrogen and oxygen atoms in total. The van der Waals surface area contributed by atoms with Crippen molar-refractivity contribution in [1.82, 2.24) is 4.90 Å². The van der Waals surface area contributed by atoms with Crippen LogP contribution in [0.25, 0.3) is 0 Å². The number of aryl methyl sites for hydroxylation is 1. The van der Waals surface area contributed by atoms with E-state index in [9.17, 15) is 0 Å². The minimum atomic E-state index is -0.111. The molecule has 1 saturated heterocycles. The summed E-state index contributed by atoms with van der Waals surface area (Å²) in [5.41, 5.74) is 4.95. The van der Waals surface area contributed by atoms with Crippen LogP contribution in [-0.2, 0) is 17.9 Å². The Morgan fingerprint density at radius 2 is 2.00 bits per heavy atom. The molecule has 2 aliphatic heterocycles. The summed E-state index contributed by atoms with van der Waals surface area (Å²) in [6, 6.07) is 15.1. The quantitative estimate of drug-likeness (QED) is 0.803. The first-order valence-corrected chi connectivity index (χ1v) is 8.63. The van der Waals surface area contributed by atoms with Gasteiger partial charge in [0.05, 0.1) is 12.2 Å². The summed E-state index contributed by atoms with van der Waals surface area (Å²) in [4.78, 5) is 2.50. The fourth-order valence-electron chi connectivity index (χ4n) is 4.07. The SMILES string of the molecule is Cc1ccc2c(c1Cl)COC1(C)CN(Cc3ccccc3)CC21. The highest BCUT2D eigenvalue weighted by Crippen LogP contribution is 2.46. The summed E-state index contributed by atoms with van der Waals surface area (Å²) >= 11 is 6.52. The van der Waals surface area contributed by atoms with Gasteiger partial charge in [0.25, 0.3) is 0 Å². The first-order valence-electron chi connectivity index (χ1n) is 8.25. The van der Waals surface area contributed by atoms with Crippen molar-refractivity contribution in [3.8, 4) is 0 Å². The Morgan fingerprint density at radius 1 is 1.22 bits per heavy atom. The lowest BCUT2D eigenvalue weighted by Crippen LogP contribution is -2.40. The maximum atomic E-state index is 6.52. The fourth-order valence-corrected chi connectivity index (χ4v) is 4.30. The van der Waals surface area contributed by atoms with Gasteiger partial charge in [-0.3, -0.25) is 4.90 Å². The van der Waals surface area contributed by atoms with Gasteiger partial charge in [-0.2, -0.15) is 0 Å². The van der Waals surface area contributed by atoms with Crippen LogP contribution in [0.3, 0.4) is 0 Å².